The quantitative estimate of drug-likeness (QED) is 0.0770. The van der Waals surface area contributed by atoms with Crippen LogP contribution in [0.25, 0.3) is 10.9 Å². The Morgan fingerprint density at radius 1 is 0.954 bits per heavy atom. The van der Waals surface area contributed by atoms with Crippen LogP contribution in [-0.4, -0.2) is 108 Å². The second-order valence-electron chi connectivity index (χ2n) is 17.8. The topological polar surface area (TPSA) is 145 Å². The lowest BCUT2D eigenvalue weighted by atomic mass is 9.89. The molecule has 3 N–H and O–H groups in total. The maximum absolute atomic E-state index is 15.2. The molecule has 2 aromatic heterocycles. The average Bonchev–Trinajstić information content (AvgIpc) is 3.27. The molecule has 65 heavy (non-hydrogen) atoms. The van der Waals surface area contributed by atoms with Gasteiger partial charge in [-0.2, -0.15) is 4.98 Å². The van der Waals surface area contributed by atoms with Crippen LogP contribution in [0, 0.1) is 18.6 Å². The van der Waals surface area contributed by atoms with Crippen LogP contribution in [0.3, 0.4) is 0 Å². The van der Waals surface area contributed by atoms with E-state index in [9.17, 15) is 14.2 Å². The molecule has 3 fully saturated rings. The molecule has 0 bridgehead atoms. The molecule has 1 unspecified atom stereocenters. The molecule has 13 nitrogen and oxygen atoms in total. The van der Waals surface area contributed by atoms with Crippen LogP contribution in [0.5, 0.6) is 5.75 Å². The third kappa shape index (κ3) is 10.2. The van der Waals surface area contributed by atoms with E-state index >= 15 is 8.78 Å². The number of hydrogen-bond donors (Lipinski definition) is 3. The second kappa shape index (κ2) is 19.4. The average molecular weight is 973 g/mol. The molecule has 3 saturated heterocycles. The smallest absolute Gasteiger partial charge is 0.234 e. The second-order valence-corrected chi connectivity index (χ2v) is 21.8. The van der Waals surface area contributed by atoms with Gasteiger partial charge in [0, 0.05) is 97.7 Å². The van der Waals surface area contributed by atoms with Gasteiger partial charge in [-0.3, -0.25) is 29.7 Å². The molecule has 0 aliphatic carbocycles. The predicted octanol–water partition coefficient (Wildman–Crippen LogP) is 8.42. The lowest BCUT2D eigenvalue weighted by Crippen LogP contribution is -2.57. The number of carbonyl (C=O) groups is 2. The van der Waals surface area contributed by atoms with Gasteiger partial charge in [0.2, 0.25) is 17.8 Å². The summed E-state index contributed by atoms with van der Waals surface area (Å²) in [5.41, 5.74) is 5.77. The van der Waals surface area contributed by atoms with Crippen molar-refractivity contribution in [1.29, 1.82) is 0 Å². The number of nitrogens with zero attached hydrogens (tertiary/aromatic N) is 6. The summed E-state index contributed by atoms with van der Waals surface area (Å²) in [5.74, 6) is -1.96. The summed E-state index contributed by atoms with van der Waals surface area (Å²) < 4.78 is 50.6. The van der Waals surface area contributed by atoms with Crippen LogP contribution in [0.4, 0.5) is 37.6 Å². The van der Waals surface area contributed by atoms with Crippen molar-refractivity contribution in [2.45, 2.75) is 77.3 Å². The van der Waals surface area contributed by atoms with Gasteiger partial charge in [-0.1, -0.05) is 13.0 Å². The van der Waals surface area contributed by atoms with Crippen molar-refractivity contribution in [2.75, 3.05) is 75.2 Å². The maximum atomic E-state index is 15.2. The number of fused-ring (bicyclic) bond motifs is 1. The molecule has 0 saturated carbocycles. The monoisotopic (exact) mass is 971 g/mol. The molecule has 5 heterocycles. The normalized spacial score (nSPS) is 19.1. The number of aryl methyl sites for hydroxylation is 2. The highest BCUT2D eigenvalue weighted by Gasteiger charge is 2.34. The van der Waals surface area contributed by atoms with Gasteiger partial charge in [0.05, 0.1) is 34.4 Å². The summed E-state index contributed by atoms with van der Waals surface area (Å²) >= 11 is 3.61. The molecule has 2 atom stereocenters. The zero-order chi connectivity index (χ0) is 46.2. The number of carbonyl (C=O) groups excluding carboxylic acids is 2. The standard InChI is InChI=1S/C48H57BrF2N9O4P/c1-7-31-24-40(55-48-52-26-35(49)46(57-48)54-39-12-11-38-33(9-8-28(2)53-38)45(39)65(5,6)63)42(64-4)25-41(31)59-18-15-32(16-19-59)60-21-20-58(29(3)27-60)17-14-30-22-36(50)44(37(51)23-30)34-10-13-43(61)56-47(34)62/h8-9,11-12,22-26,29,32,34H,7,10,13-21,27H2,1-6H3,(H,56,61,62)(H2,52,54,55,57)/t29-,34?/m0/s1. The molecule has 3 aromatic carbocycles. The van der Waals surface area contributed by atoms with Crippen LogP contribution in [0.15, 0.2) is 59.2 Å². The number of piperazine rings is 1. The van der Waals surface area contributed by atoms with Crippen molar-refractivity contribution in [1.82, 2.24) is 30.1 Å². The largest absolute Gasteiger partial charge is 0.494 e. The Hall–Kier alpha value is -5.02. The fraction of sp³-hybridized carbons (Fsp3) is 0.438. The van der Waals surface area contributed by atoms with Gasteiger partial charge in [0.25, 0.3) is 0 Å². The number of nitrogens with one attached hydrogen (secondary N) is 3. The number of halogens is 3. The lowest BCUT2D eigenvalue weighted by Gasteiger charge is -2.46. The zero-order valence-corrected chi connectivity index (χ0v) is 40.3. The molecule has 8 rings (SSSR count). The molecule has 3 aliphatic rings. The first kappa shape index (κ1) is 46.5. The van der Waals surface area contributed by atoms with Crippen molar-refractivity contribution in [2.24, 2.45) is 0 Å². The molecule has 5 aromatic rings. The van der Waals surface area contributed by atoms with Gasteiger partial charge in [0.15, 0.2) is 0 Å². The SMILES string of the molecule is CCc1cc(Nc2ncc(Br)c(Nc3ccc4nc(C)ccc4c3P(C)(C)=O)n2)c(OC)cc1N1CCC(N2CCN(CCc3cc(F)c(C4CCC(=O)NC4=O)c(F)c3)[C@@H](C)C2)CC1. The Balaban J connectivity index is 0.883. The van der Waals surface area contributed by atoms with Crippen LogP contribution in [0.1, 0.15) is 67.8 Å². The number of hydrogen-bond acceptors (Lipinski definition) is 12. The number of anilines is 5. The van der Waals surface area contributed by atoms with Crippen molar-refractivity contribution < 1.29 is 27.7 Å². The highest BCUT2D eigenvalue weighted by Crippen LogP contribution is 2.42. The number of amides is 2. The molecule has 3 aliphatic heterocycles. The van der Waals surface area contributed by atoms with Crippen molar-refractivity contribution in [3.8, 4) is 5.75 Å². The summed E-state index contributed by atoms with van der Waals surface area (Å²) in [4.78, 5) is 45.4. The Morgan fingerprint density at radius 3 is 2.38 bits per heavy atom. The molecule has 0 spiro atoms. The van der Waals surface area contributed by atoms with Gasteiger partial charge in [-0.15, -0.1) is 0 Å². The summed E-state index contributed by atoms with van der Waals surface area (Å²) in [5, 5.41) is 10.6. The molecular weight excluding hydrogens is 915 g/mol. The number of ether oxygens (including phenoxy) is 1. The highest BCUT2D eigenvalue weighted by atomic mass is 79.9. The molecule has 17 heteroatoms. The van der Waals surface area contributed by atoms with E-state index in [0.29, 0.717) is 57.6 Å². The van der Waals surface area contributed by atoms with Gasteiger partial charge in [-0.25, -0.2) is 13.8 Å². The van der Waals surface area contributed by atoms with Crippen LogP contribution < -0.4 is 30.9 Å². The third-order valence-electron chi connectivity index (χ3n) is 13.1. The fourth-order valence-electron chi connectivity index (χ4n) is 9.71. The first-order chi connectivity index (χ1) is 31.1. The number of pyridine rings is 1. The Bertz CT molecular complexity index is 2650. The summed E-state index contributed by atoms with van der Waals surface area (Å²) in [6, 6.07) is 15.4. The molecular formula is C48H57BrF2N9O4P. The van der Waals surface area contributed by atoms with Crippen molar-refractivity contribution in [3.63, 3.8) is 0 Å². The van der Waals surface area contributed by atoms with E-state index in [1.54, 1.807) is 26.6 Å². The summed E-state index contributed by atoms with van der Waals surface area (Å²) in [6.45, 7) is 15.1. The van der Waals surface area contributed by atoms with E-state index < -0.39 is 36.5 Å². The Labute approximate surface area is 387 Å². The first-order valence-electron chi connectivity index (χ1n) is 22.4. The van der Waals surface area contributed by atoms with E-state index in [0.717, 1.165) is 80.0 Å². The Kier molecular flexibility index (Phi) is 13.9. The van der Waals surface area contributed by atoms with Crippen LogP contribution in [-0.2, 0) is 27.0 Å². The summed E-state index contributed by atoms with van der Waals surface area (Å²) in [7, 11) is -1.07. The predicted molar refractivity (Wildman–Crippen MR) is 257 cm³/mol. The highest BCUT2D eigenvalue weighted by molar-refractivity contribution is 9.10. The molecule has 2 amide bonds. The van der Waals surface area contributed by atoms with Gasteiger partial charge in [-0.05, 0) is 123 Å². The van der Waals surface area contributed by atoms with E-state index in [4.69, 9.17) is 9.72 Å². The first-order valence-corrected chi connectivity index (χ1v) is 25.8. The minimum atomic E-state index is -2.74. The zero-order valence-electron chi connectivity index (χ0n) is 37.8. The third-order valence-corrected chi connectivity index (χ3v) is 15.2. The Morgan fingerprint density at radius 2 is 1.71 bits per heavy atom. The number of methoxy groups -OCH3 is 1. The van der Waals surface area contributed by atoms with Gasteiger partial charge >= 0.3 is 0 Å². The van der Waals surface area contributed by atoms with Crippen LogP contribution in [0.2, 0.25) is 0 Å². The van der Waals surface area contributed by atoms with E-state index in [2.05, 4.69) is 82.5 Å². The van der Waals surface area contributed by atoms with E-state index in [-0.39, 0.29) is 24.4 Å². The molecule has 0 radical (unpaired) electrons. The number of rotatable bonds is 13. The number of piperidine rings is 2. The summed E-state index contributed by atoms with van der Waals surface area (Å²) in [6.07, 6.45) is 5.21. The van der Waals surface area contributed by atoms with Gasteiger partial charge < -0.3 is 24.8 Å². The van der Waals surface area contributed by atoms with Crippen LogP contribution >= 0.6 is 23.1 Å². The molecule has 344 valence electrons. The number of aromatic nitrogens is 3. The lowest BCUT2D eigenvalue weighted by molar-refractivity contribution is -0.134. The van der Waals surface area contributed by atoms with Crippen molar-refractivity contribution in [3.05, 3.63) is 93.2 Å². The number of imide groups is 1. The minimum Gasteiger partial charge on any atom is -0.494 e. The fourth-order valence-corrected chi connectivity index (χ4v) is 11.5. The van der Waals surface area contributed by atoms with E-state index in [1.165, 1.54) is 17.7 Å². The van der Waals surface area contributed by atoms with Gasteiger partial charge in [0.1, 0.15) is 30.3 Å². The number of benzene rings is 3. The minimum absolute atomic E-state index is 0.0623. The van der Waals surface area contributed by atoms with E-state index in [1.807, 2.05) is 31.2 Å². The maximum Gasteiger partial charge on any atom is 0.234 e. The van der Waals surface area contributed by atoms with Crippen molar-refractivity contribution >= 4 is 79.9 Å².